The maximum atomic E-state index is 11.9. The van der Waals surface area contributed by atoms with E-state index in [0.717, 1.165) is 12.0 Å². The van der Waals surface area contributed by atoms with E-state index in [9.17, 15) is 14.7 Å². The molecule has 1 atom stereocenters. The van der Waals surface area contributed by atoms with Crippen LogP contribution in [0.2, 0.25) is 0 Å². The third kappa shape index (κ3) is 5.06. The zero-order valence-corrected chi connectivity index (χ0v) is 13.8. The summed E-state index contributed by atoms with van der Waals surface area (Å²) in [6.45, 7) is 8.77. The predicted octanol–water partition coefficient (Wildman–Crippen LogP) is 3.43. The number of carbonyl (C=O) groups excluding carboxylic acids is 1. The number of rotatable bonds is 4. The molecule has 1 aliphatic carbocycles. The van der Waals surface area contributed by atoms with Gasteiger partial charge in [0, 0.05) is 5.41 Å². The summed E-state index contributed by atoms with van der Waals surface area (Å²) in [6.07, 6.45) is 9.67. The van der Waals surface area contributed by atoms with Crippen molar-refractivity contribution in [3.63, 3.8) is 0 Å². The topological polar surface area (TPSA) is 75.6 Å². The molecule has 22 heavy (non-hydrogen) atoms. The van der Waals surface area contributed by atoms with Gasteiger partial charge in [-0.25, -0.2) is 9.59 Å². The van der Waals surface area contributed by atoms with Crippen LogP contribution in [0.1, 0.15) is 41.0 Å². The Balaban J connectivity index is 2.99. The Hall–Kier alpha value is -2.04. The summed E-state index contributed by atoms with van der Waals surface area (Å²) in [7, 11) is 0. The van der Waals surface area contributed by atoms with E-state index in [1.165, 1.54) is 0 Å². The molecule has 0 aromatic rings. The molecule has 0 radical (unpaired) electrons. The molecule has 1 rings (SSSR count). The van der Waals surface area contributed by atoms with Crippen molar-refractivity contribution in [1.29, 1.82) is 0 Å². The molecule has 1 amide bonds. The number of carboxylic acids is 1. The van der Waals surface area contributed by atoms with Crippen LogP contribution in [-0.2, 0) is 9.53 Å². The van der Waals surface area contributed by atoms with Crippen LogP contribution >= 0.6 is 0 Å². The summed E-state index contributed by atoms with van der Waals surface area (Å²) < 4.78 is 5.16. The van der Waals surface area contributed by atoms with Gasteiger partial charge in [-0.05, 0) is 32.8 Å². The molecule has 0 aromatic heterocycles. The van der Waals surface area contributed by atoms with Crippen LogP contribution in [-0.4, -0.2) is 28.8 Å². The zero-order valence-electron chi connectivity index (χ0n) is 13.8. The minimum absolute atomic E-state index is 0.679. The van der Waals surface area contributed by atoms with Crippen molar-refractivity contribution in [3.05, 3.63) is 36.0 Å². The number of alkyl carbamates (subject to hydrolysis) is 1. The van der Waals surface area contributed by atoms with Crippen molar-refractivity contribution in [2.75, 3.05) is 0 Å². The summed E-state index contributed by atoms with van der Waals surface area (Å²) in [5.74, 6) is -1.10. The molecule has 0 aliphatic heterocycles. The molecule has 5 nitrogen and oxygen atoms in total. The van der Waals surface area contributed by atoms with Crippen LogP contribution < -0.4 is 5.32 Å². The highest BCUT2D eigenvalue weighted by molar-refractivity contribution is 5.81. The zero-order chi connectivity index (χ0) is 17.0. The highest BCUT2D eigenvalue weighted by atomic mass is 16.6. The first-order valence-electron chi connectivity index (χ1n) is 7.30. The fraction of sp³-hybridized carbons (Fsp3) is 0.529. The molecule has 0 fully saturated rings. The number of amides is 1. The van der Waals surface area contributed by atoms with E-state index in [0.29, 0.717) is 0 Å². The number of nitrogens with one attached hydrogen (secondary N) is 1. The van der Waals surface area contributed by atoms with Gasteiger partial charge in [0.2, 0.25) is 0 Å². The molecular formula is C17H25NO4. The largest absolute Gasteiger partial charge is 0.480 e. The molecule has 0 aromatic carbocycles. The average Bonchev–Trinajstić information content (AvgIpc) is 2.62. The first kappa shape index (κ1) is 18.0. The van der Waals surface area contributed by atoms with Gasteiger partial charge < -0.3 is 15.2 Å². The van der Waals surface area contributed by atoms with E-state index in [1.807, 2.05) is 30.4 Å². The van der Waals surface area contributed by atoms with Gasteiger partial charge in [0.05, 0.1) is 0 Å². The second-order valence-electron chi connectivity index (χ2n) is 6.83. The molecule has 0 saturated carbocycles. The molecule has 1 aliphatic rings. The van der Waals surface area contributed by atoms with Crippen LogP contribution in [0.5, 0.6) is 0 Å². The Bertz CT molecular complexity index is 521. The van der Waals surface area contributed by atoms with E-state index >= 15 is 0 Å². The van der Waals surface area contributed by atoms with Crippen LogP contribution in [0.3, 0.4) is 0 Å². The van der Waals surface area contributed by atoms with Crippen LogP contribution in [0.15, 0.2) is 36.0 Å². The standard InChI is InChI=1S/C17H25NO4/c1-16(2,3)22-15(21)18-13(14(19)20)17(4,5)12-10-8-6-7-9-11-12/h6,8-11,13H,7H2,1-5H3,(H,18,21)(H,19,20). The average molecular weight is 307 g/mol. The molecule has 0 heterocycles. The quantitative estimate of drug-likeness (QED) is 0.834. The van der Waals surface area contributed by atoms with Crippen LogP contribution in [0, 0.1) is 5.41 Å². The van der Waals surface area contributed by atoms with Crippen molar-refractivity contribution >= 4 is 12.1 Å². The summed E-state index contributed by atoms with van der Waals surface area (Å²) in [6, 6.07) is -1.09. The highest BCUT2D eigenvalue weighted by Gasteiger charge is 2.39. The molecule has 2 N–H and O–H groups in total. The number of hydrogen-bond acceptors (Lipinski definition) is 3. The Morgan fingerprint density at radius 2 is 1.86 bits per heavy atom. The van der Waals surface area contributed by atoms with Crippen molar-refractivity contribution in [2.24, 2.45) is 5.41 Å². The minimum atomic E-state index is -1.10. The summed E-state index contributed by atoms with van der Waals surface area (Å²) in [5, 5.41) is 12.0. The van der Waals surface area contributed by atoms with E-state index in [1.54, 1.807) is 34.6 Å². The molecule has 0 spiro atoms. The summed E-state index contributed by atoms with van der Waals surface area (Å²) >= 11 is 0. The van der Waals surface area contributed by atoms with Gasteiger partial charge in [0.25, 0.3) is 0 Å². The maximum Gasteiger partial charge on any atom is 0.408 e. The number of carbonyl (C=O) groups is 2. The normalized spacial score (nSPS) is 16.5. The lowest BCUT2D eigenvalue weighted by molar-refractivity contribution is -0.141. The fourth-order valence-electron chi connectivity index (χ4n) is 2.15. The monoisotopic (exact) mass is 307 g/mol. The molecule has 0 bridgehead atoms. The van der Waals surface area contributed by atoms with Gasteiger partial charge in [0.1, 0.15) is 11.6 Å². The van der Waals surface area contributed by atoms with Gasteiger partial charge in [-0.2, -0.15) is 0 Å². The second kappa shape index (κ2) is 6.81. The van der Waals surface area contributed by atoms with E-state index < -0.39 is 29.1 Å². The van der Waals surface area contributed by atoms with Gasteiger partial charge in [-0.3, -0.25) is 0 Å². The Kier molecular flexibility index (Phi) is 5.58. The predicted molar refractivity (Wildman–Crippen MR) is 85.6 cm³/mol. The lowest BCUT2D eigenvalue weighted by atomic mass is 9.76. The van der Waals surface area contributed by atoms with Crippen LogP contribution in [0.4, 0.5) is 4.79 Å². The molecule has 122 valence electrons. The third-order valence-corrected chi connectivity index (χ3v) is 3.36. The maximum absolute atomic E-state index is 11.9. The Morgan fingerprint density at radius 1 is 1.23 bits per heavy atom. The lowest BCUT2D eigenvalue weighted by Crippen LogP contribution is -2.52. The molecule has 0 saturated heterocycles. The number of allylic oxidation sites excluding steroid dienone is 5. The van der Waals surface area contributed by atoms with E-state index in [2.05, 4.69) is 5.32 Å². The smallest absolute Gasteiger partial charge is 0.408 e. The van der Waals surface area contributed by atoms with E-state index in [4.69, 9.17) is 4.74 Å². The van der Waals surface area contributed by atoms with Crippen molar-refractivity contribution in [2.45, 2.75) is 52.7 Å². The van der Waals surface area contributed by atoms with Crippen molar-refractivity contribution < 1.29 is 19.4 Å². The second-order valence-corrected chi connectivity index (χ2v) is 6.83. The number of hydrogen-bond donors (Lipinski definition) is 2. The van der Waals surface area contributed by atoms with E-state index in [-0.39, 0.29) is 0 Å². The third-order valence-electron chi connectivity index (χ3n) is 3.36. The summed E-state index contributed by atoms with van der Waals surface area (Å²) in [5.41, 5.74) is -0.625. The summed E-state index contributed by atoms with van der Waals surface area (Å²) in [4.78, 5) is 23.6. The first-order chi connectivity index (χ1) is 10.0. The molecule has 1 unspecified atom stereocenters. The SMILES string of the molecule is CC(C)(C)OC(=O)NC(C(=O)O)C(C)(C)C1=CC=CCC=C1. The van der Waals surface area contributed by atoms with Crippen LogP contribution in [0.25, 0.3) is 0 Å². The highest BCUT2D eigenvalue weighted by Crippen LogP contribution is 2.33. The first-order valence-corrected chi connectivity index (χ1v) is 7.30. The Morgan fingerprint density at radius 3 is 2.41 bits per heavy atom. The molecule has 5 heteroatoms. The fourth-order valence-corrected chi connectivity index (χ4v) is 2.15. The van der Waals surface area contributed by atoms with Crippen molar-refractivity contribution in [1.82, 2.24) is 5.32 Å². The van der Waals surface area contributed by atoms with Gasteiger partial charge >= 0.3 is 12.1 Å². The van der Waals surface area contributed by atoms with Gasteiger partial charge in [-0.1, -0.05) is 44.2 Å². The number of ether oxygens (including phenoxy) is 1. The number of carboxylic acid groups (broad SMARTS) is 1. The van der Waals surface area contributed by atoms with Gasteiger partial charge in [0.15, 0.2) is 0 Å². The Labute approximate surface area is 131 Å². The molecular weight excluding hydrogens is 282 g/mol. The minimum Gasteiger partial charge on any atom is -0.480 e. The van der Waals surface area contributed by atoms with Gasteiger partial charge in [-0.15, -0.1) is 0 Å². The van der Waals surface area contributed by atoms with Crippen molar-refractivity contribution in [3.8, 4) is 0 Å². The number of aliphatic carboxylic acids is 1. The lowest BCUT2D eigenvalue weighted by Gasteiger charge is -2.33.